The Morgan fingerprint density at radius 3 is 2.69 bits per heavy atom. The first-order chi connectivity index (χ1) is 7.68. The van der Waals surface area contributed by atoms with Crippen LogP contribution in [0.1, 0.15) is 5.56 Å². The molecule has 1 aliphatic rings. The van der Waals surface area contributed by atoms with Gasteiger partial charge in [0.1, 0.15) is 11.5 Å². The Morgan fingerprint density at radius 2 is 2.00 bits per heavy atom. The SMILES string of the molecule is C=C1C=CC=C(O)C1=Nc1ccccc1C. The number of aryl methyl sites for hydroxylation is 1. The summed E-state index contributed by atoms with van der Waals surface area (Å²) in [6, 6.07) is 7.79. The van der Waals surface area contributed by atoms with Gasteiger partial charge in [0, 0.05) is 0 Å². The summed E-state index contributed by atoms with van der Waals surface area (Å²) in [6.07, 6.45) is 5.21. The first-order valence-corrected chi connectivity index (χ1v) is 5.10. The van der Waals surface area contributed by atoms with Crippen LogP contribution in [0.25, 0.3) is 0 Å². The topological polar surface area (TPSA) is 32.6 Å². The maximum Gasteiger partial charge on any atom is 0.141 e. The minimum Gasteiger partial charge on any atom is -0.506 e. The molecule has 0 radical (unpaired) electrons. The summed E-state index contributed by atoms with van der Waals surface area (Å²) in [7, 11) is 0. The van der Waals surface area contributed by atoms with E-state index in [4.69, 9.17) is 0 Å². The molecule has 16 heavy (non-hydrogen) atoms. The average Bonchev–Trinajstić information content (AvgIpc) is 2.26. The fraction of sp³-hybridized carbons (Fsp3) is 0.0714. The highest BCUT2D eigenvalue weighted by molar-refractivity contribution is 6.14. The predicted octanol–water partition coefficient (Wildman–Crippen LogP) is 3.64. The zero-order valence-corrected chi connectivity index (χ0v) is 9.14. The molecule has 0 aromatic heterocycles. The molecule has 0 saturated heterocycles. The largest absolute Gasteiger partial charge is 0.506 e. The molecule has 1 aliphatic carbocycles. The summed E-state index contributed by atoms with van der Waals surface area (Å²) in [5, 5.41) is 9.71. The summed E-state index contributed by atoms with van der Waals surface area (Å²) in [6.45, 7) is 5.84. The van der Waals surface area contributed by atoms with E-state index in [1.165, 1.54) is 0 Å². The molecule has 0 fully saturated rings. The van der Waals surface area contributed by atoms with Gasteiger partial charge >= 0.3 is 0 Å². The Morgan fingerprint density at radius 1 is 1.25 bits per heavy atom. The summed E-state index contributed by atoms with van der Waals surface area (Å²) in [5.41, 5.74) is 3.19. The van der Waals surface area contributed by atoms with Gasteiger partial charge in [-0.15, -0.1) is 0 Å². The number of aliphatic hydroxyl groups is 1. The number of para-hydroxylation sites is 1. The van der Waals surface area contributed by atoms with Crippen LogP contribution < -0.4 is 0 Å². The van der Waals surface area contributed by atoms with Crippen molar-refractivity contribution in [2.75, 3.05) is 0 Å². The molecule has 0 amide bonds. The van der Waals surface area contributed by atoms with Crippen LogP contribution in [0.3, 0.4) is 0 Å². The molecule has 1 aromatic rings. The van der Waals surface area contributed by atoms with Crippen molar-refractivity contribution in [3.05, 3.63) is 66.0 Å². The van der Waals surface area contributed by atoms with Gasteiger partial charge in [-0.05, 0) is 30.2 Å². The van der Waals surface area contributed by atoms with E-state index < -0.39 is 0 Å². The molecule has 2 heteroatoms. The predicted molar refractivity (Wildman–Crippen MR) is 67.3 cm³/mol. The van der Waals surface area contributed by atoms with Gasteiger partial charge in [-0.1, -0.05) is 36.9 Å². The average molecular weight is 211 g/mol. The Hall–Kier alpha value is -2.09. The molecule has 0 bridgehead atoms. The van der Waals surface area contributed by atoms with E-state index in [-0.39, 0.29) is 5.76 Å². The molecular formula is C14H13NO. The first-order valence-electron chi connectivity index (χ1n) is 5.10. The highest BCUT2D eigenvalue weighted by Gasteiger charge is 2.11. The Labute approximate surface area is 95.0 Å². The number of allylic oxidation sites excluding steroid dienone is 4. The van der Waals surface area contributed by atoms with Crippen LogP contribution in [0.15, 0.2) is 65.4 Å². The number of hydrogen-bond acceptors (Lipinski definition) is 2. The third-order valence-corrected chi connectivity index (χ3v) is 2.45. The molecule has 0 saturated carbocycles. The quantitative estimate of drug-likeness (QED) is 0.755. The Balaban J connectivity index is 2.46. The lowest BCUT2D eigenvalue weighted by atomic mass is 10.1. The van der Waals surface area contributed by atoms with Crippen LogP contribution in [-0.4, -0.2) is 10.8 Å². The number of aliphatic imine (C=N–C) groups is 1. The fourth-order valence-corrected chi connectivity index (χ4v) is 1.52. The van der Waals surface area contributed by atoms with Crippen molar-refractivity contribution in [2.45, 2.75) is 6.92 Å². The van der Waals surface area contributed by atoms with Crippen molar-refractivity contribution in [1.82, 2.24) is 0 Å². The standard InChI is InChI=1S/C14H13NO/c1-10-6-3-4-8-12(10)15-14-11(2)7-5-9-13(14)16/h3-9,16H,2H2,1H3. The summed E-state index contributed by atoms with van der Waals surface area (Å²) >= 11 is 0. The van der Waals surface area contributed by atoms with Crippen molar-refractivity contribution in [3.8, 4) is 0 Å². The minimum atomic E-state index is 0.163. The van der Waals surface area contributed by atoms with Gasteiger partial charge in [0.2, 0.25) is 0 Å². The summed E-state index contributed by atoms with van der Waals surface area (Å²) in [4.78, 5) is 4.43. The van der Waals surface area contributed by atoms with Gasteiger partial charge in [-0.2, -0.15) is 0 Å². The van der Waals surface area contributed by atoms with E-state index in [0.717, 1.165) is 16.8 Å². The van der Waals surface area contributed by atoms with Crippen molar-refractivity contribution in [3.63, 3.8) is 0 Å². The second kappa shape index (κ2) is 4.19. The fourth-order valence-electron chi connectivity index (χ4n) is 1.52. The van der Waals surface area contributed by atoms with E-state index in [9.17, 15) is 5.11 Å². The Bertz CT molecular complexity index is 521. The van der Waals surface area contributed by atoms with Crippen molar-refractivity contribution >= 4 is 11.4 Å². The van der Waals surface area contributed by atoms with E-state index in [0.29, 0.717) is 5.71 Å². The number of hydrogen-bond donors (Lipinski definition) is 1. The van der Waals surface area contributed by atoms with Crippen LogP contribution in [0.5, 0.6) is 0 Å². The zero-order chi connectivity index (χ0) is 11.5. The second-order valence-corrected chi connectivity index (χ2v) is 3.68. The maximum atomic E-state index is 9.71. The molecular weight excluding hydrogens is 198 g/mol. The summed E-state index contributed by atoms with van der Waals surface area (Å²) in [5.74, 6) is 0.163. The third kappa shape index (κ3) is 1.96. The molecule has 1 aromatic carbocycles. The number of benzene rings is 1. The molecule has 0 spiro atoms. The number of aliphatic hydroxyl groups excluding tert-OH is 1. The van der Waals surface area contributed by atoms with Crippen molar-refractivity contribution in [1.29, 1.82) is 0 Å². The lowest BCUT2D eigenvalue weighted by Gasteiger charge is -2.09. The van der Waals surface area contributed by atoms with Gasteiger partial charge in [0.25, 0.3) is 0 Å². The molecule has 2 nitrogen and oxygen atoms in total. The van der Waals surface area contributed by atoms with Gasteiger partial charge < -0.3 is 5.11 Å². The maximum absolute atomic E-state index is 9.71. The third-order valence-electron chi connectivity index (χ3n) is 2.45. The normalized spacial score (nSPS) is 17.7. The van der Waals surface area contributed by atoms with E-state index in [2.05, 4.69) is 11.6 Å². The minimum absolute atomic E-state index is 0.163. The molecule has 0 aliphatic heterocycles. The van der Waals surface area contributed by atoms with Crippen LogP contribution in [0.4, 0.5) is 5.69 Å². The summed E-state index contributed by atoms with van der Waals surface area (Å²) < 4.78 is 0. The van der Waals surface area contributed by atoms with Crippen LogP contribution in [-0.2, 0) is 0 Å². The van der Waals surface area contributed by atoms with E-state index >= 15 is 0 Å². The Kier molecular flexibility index (Phi) is 2.73. The van der Waals surface area contributed by atoms with Crippen LogP contribution in [0.2, 0.25) is 0 Å². The van der Waals surface area contributed by atoms with Crippen molar-refractivity contribution in [2.24, 2.45) is 4.99 Å². The highest BCUT2D eigenvalue weighted by atomic mass is 16.3. The monoisotopic (exact) mass is 211 g/mol. The molecule has 2 rings (SSSR count). The van der Waals surface area contributed by atoms with Gasteiger partial charge in [0.15, 0.2) is 0 Å². The second-order valence-electron chi connectivity index (χ2n) is 3.68. The molecule has 0 unspecified atom stereocenters. The van der Waals surface area contributed by atoms with Gasteiger partial charge in [-0.25, -0.2) is 4.99 Å². The lowest BCUT2D eigenvalue weighted by Crippen LogP contribution is -2.06. The van der Waals surface area contributed by atoms with E-state index in [1.54, 1.807) is 12.2 Å². The highest BCUT2D eigenvalue weighted by Crippen LogP contribution is 2.21. The lowest BCUT2D eigenvalue weighted by molar-refractivity contribution is 0.443. The number of rotatable bonds is 1. The van der Waals surface area contributed by atoms with Crippen LogP contribution >= 0.6 is 0 Å². The van der Waals surface area contributed by atoms with Crippen LogP contribution in [0, 0.1) is 6.92 Å². The molecule has 1 N–H and O–H groups in total. The number of nitrogens with zero attached hydrogens (tertiary/aromatic N) is 1. The molecule has 80 valence electrons. The smallest absolute Gasteiger partial charge is 0.141 e. The van der Waals surface area contributed by atoms with Gasteiger partial charge in [-0.3, -0.25) is 0 Å². The van der Waals surface area contributed by atoms with Gasteiger partial charge in [0.05, 0.1) is 5.69 Å². The molecule has 0 heterocycles. The van der Waals surface area contributed by atoms with E-state index in [1.807, 2.05) is 37.3 Å². The zero-order valence-electron chi connectivity index (χ0n) is 9.14. The first kappa shape index (κ1) is 10.4. The molecule has 0 atom stereocenters. The van der Waals surface area contributed by atoms with Crippen molar-refractivity contribution < 1.29 is 5.11 Å².